The average molecular weight is 266 g/mol. The summed E-state index contributed by atoms with van der Waals surface area (Å²) < 4.78 is 7.26. The normalized spacial score (nSPS) is 20.3. The molecule has 0 aromatic carbocycles. The molecule has 1 unspecified atom stereocenters. The monoisotopic (exact) mass is 266 g/mol. The second-order valence-corrected chi connectivity index (χ2v) is 5.70. The first-order chi connectivity index (χ1) is 8.98. The Kier molecular flexibility index (Phi) is 4.21. The molecule has 1 aromatic heterocycles. The summed E-state index contributed by atoms with van der Waals surface area (Å²) >= 11 is 0. The Morgan fingerprint density at radius 1 is 1.58 bits per heavy atom. The van der Waals surface area contributed by atoms with Crippen LogP contribution in [0.4, 0.5) is 5.82 Å². The molecule has 0 bridgehead atoms. The van der Waals surface area contributed by atoms with E-state index in [1.54, 1.807) is 17.0 Å². The minimum atomic E-state index is -0.251. The fraction of sp³-hybridized carbons (Fsp3) is 0.692. The van der Waals surface area contributed by atoms with Crippen LogP contribution in [-0.4, -0.2) is 41.9 Å². The molecule has 1 aromatic rings. The number of hydrogen-bond donors (Lipinski definition) is 2. The van der Waals surface area contributed by atoms with E-state index in [0.717, 1.165) is 13.1 Å². The highest BCUT2D eigenvalue weighted by molar-refractivity contribution is 5.31. The summed E-state index contributed by atoms with van der Waals surface area (Å²) in [5, 5.41) is 6.34. The van der Waals surface area contributed by atoms with Crippen molar-refractivity contribution in [3.63, 3.8) is 0 Å². The second-order valence-electron chi connectivity index (χ2n) is 5.70. The van der Waals surface area contributed by atoms with E-state index in [-0.39, 0.29) is 17.2 Å². The van der Waals surface area contributed by atoms with Gasteiger partial charge in [0.1, 0.15) is 0 Å². The van der Waals surface area contributed by atoms with Crippen molar-refractivity contribution in [3.05, 3.63) is 22.7 Å². The van der Waals surface area contributed by atoms with Crippen LogP contribution in [0.25, 0.3) is 0 Å². The van der Waals surface area contributed by atoms with E-state index < -0.39 is 0 Å². The van der Waals surface area contributed by atoms with Gasteiger partial charge >= 0.3 is 0 Å². The van der Waals surface area contributed by atoms with Gasteiger partial charge in [-0.05, 0) is 20.8 Å². The molecule has 1 fully saturated rings. The molecule has 0 amide bonds. The summed E-state index contributed by atoms with van der Waals surface area (Å²) in [4.78, 5) is 16.4. The smallest absolute Gasteiger partial charge is 0.293 e. The van der Waals surface area contributed by atoms with Crippen molar-refractivity contribution in [1.82, 2.24) is 14.9 Å². The van der Waals surface area contributed by atoms with Crippen molar-refractivity contribution in [3.8, 4) is 0 Å². The van der Waals surface area contributed by atoms with Crippen LogP contribution >= 0.6 is 0 Å². The number of nitrogens with zero attached hydrogens (tertiary/aromatic N) is 2. The van der Waals surface area contributed by atoms with Gasteiger partial charge in [0.15, 0.2) is 5.82 Å². The van der Waals surface area contributed by atoms with Gasteiger partial charge in [0.05, 0.1) is 12.7 Å². The maximum Gasteiger partial charge on any atom is 0.293 e. The molecule has 1 atom stereocenters. The molecule has 6 nitrogen and oxygen atoms in total. The molecule has 2 rings (SSSR count). The minimum Gasteiger partial charge on any atom is -0.374 e. The van der Waals surface area contributed by atoms with E-state index in [2.05, 4.69) is 15.6 Å². The molecular formula is C13H22N4O2. The molecule has 106 valence electrons. The van der Waals surface area contributed by atoms with Crippen LogP contribution in [0.2, 0.25) is 0 Å². The molecule has 0 radical (unpaired) electrons. The van der Waals surface area contributed by atoms with Gasteiger partial charge in [-0.1, -0.05) is 0 Å². The third-order valence-electron chi connectivity index (χ3n) is 3.07. The Balaban J connectivity index is 2.06. The highest BCUT2D eigenvalue weighted by atomic mass is 16.5. The number of ether oxygens (including phenoxy) is 1. The van der Waals surface area contributed by atoms with Gasteiger partial charge < -0.3 is 19.9 Å². The lowest BCUT2D eigenvalue weighted by Gasteiger charge is -2.25. The van der Waals surface area contributed by atoms with E-state index in [1.165, 1.54) is 0 Å². The summed E-state index contributed by atoms with van der Waals surface area (Å²) in [5.74, 6) is 0.381. The van der Waals surface area contributed by atoms with Crippen LogP contribution in [0.5, 0.6) is 0 Å². The lowest BCUT2D eigenvalue weighted by atomic mass is 10.1. The van der Waals surface area contributed by atoms with Gasteiger partial charge in [-0.15, -0.1) is 0 Å². The average Bonchev–Trinajstić information content (AvgIpc) is 2.37. The topological polar surface area (TPSA) is 68.2 Å². The van der Waals surface area contributed by atoms with Gasteiger partial charge in [-0.2, -0.15) is 0 Å². The highest BCUT2D eigenvalue weighted by Gasteiger charge is 2.18. The van der Waals surface area contributed by atoms with Crippen molar-refractivity contribution in [2.75, 3.05) is 31.6 Å². The minimum absolute atomic E-state index is 0.0817. The first kappa shape index (κ1) is 14.0. The molecule has 6 heteroatoms. The highest BCUT2D eigenvalue weighted by Crippen LogP contribution is 2.10. The molecular weight excluding hydrogens is 244 g/mol. The Morgan fingerprint density at radius 3 is 3.00 bits per heavy atom. The summed E-state index contributed by atoms with van der Waals surface area (Å²) in [6.07, 6.45) is 3.44. The summed E-state index contributed by atoms with van der Waals surface area (Å²) in [7, 11) is 0. The van der Waals surface area contributed by atoms with Crippen molar-refractivity contribution in [2.45, 2.75) is 32.4 Å². The van der Waals surface area contributed by atoms with Gasteiger partial charge in [-0.3, -0.25) is 4.79 Å². The van der Waals surface area contributed by atoms with E-state index in [4.69, 9.17) is 4.74 Å². The Hall–Kier alpha value is -1.40. The maximum atomic E-state index is 12.3. The SMILES string of the molecule is CC(C)(C)n1ccnc(NCC2CNCCO2)c1=O. The fourth-order valence-corrected chi connectivity index (χ4v) is 2.02. The Morgan fingerprint density at radius 2 is 2.37 bits per heavy atom. The van der Waals surface area contributed by atoms with Crippen molar-refractivity contribution < 1.29 is 4.74 Å². The first-order valence-corrected chi connectivity index (χ1v) is 6.63. The van der Waals surface area contributed by atoms with Gasteiger partial charge in [0.25, 0.3) is 5.56 Å². The van der Waals surface area contributed by atoms with Crippen molar-refractivity contribution in [1.29, 1.82) is 0 Å². The van der Waals surface area contributed by atoms with Crippen LogP contribution < -0.4 is 16.2 Å². The molecule has 2 heterocycles. The zero-order valence-corrected chi connectivity index (χ0v) is 11.8. The second kappa shape index (κ2) is 5.71. The number of morpholine rings is 1. The van der Waals surface area contributed by atoms with Crippen molar-refractivity contribution >= 4 is 5.82 Å². The Labute approximate surface area is 113 Å². The van der Waals surface area contributed by atoms with E-state index in [1.807, 2.05) is 20.8 Å². The molecule has 1 saturated heterocycles. The molecule has 2 N–H and O–H groups in total. The summed E-state index contributed by atoms with van der Waals surface area (Å²) in [6, 6.07) is 0. The number of aromatic nitrogens is 2. The third kappa shape index (κ3) is 3.54. The molecule has 1 aliphatic rings. The largest absolute Gasteiger partial charge is 0.374 e. The summed E-state index contributed by atoms with van der Waals surface area (Å²) in [5.41, 5.74) is -0.349. The number of hydrogen-bond acceptors (Lipinski definition) is 5. The molecule has 0 aliphatic carbocycles. The van der Waals surface area contributed by atoms with Crippen LogP contribution in [0, 0.1) is 0 Å². The maximum absolute atomic E-state index is 12.3. The molecule has 1 aliphatic heterocycles. The summed E-state index contributed by atoms with van der Waals surface area (Å²) in [6.45, 7) is 8.96. The van der Waals surface area contributed by atoms with Crippen molar-refractivity contribution in [2.24, 2.45) is 0 Å². The van der Waals surface area contributed by atoms with E-state index in [9.17, 15) is 4.79 Å². The molecule has 0 saturated carbocycles. The number of nitrogens with one attached hydrogen (secondary N) is 2. The number of rotatable bonds is 3. The van der Waals surface area contributed by atoms with E-state index >= 15 is 0 Å². The fourth-order valence-electron chi connectivity index (χ4n) is 2.02. The number of anilines is 1. The predicted molar refractivity (Wildman–Crippen MR) is 74.6 cm³/mol. The van der Waals surface area contributed by atoms with Crippen LogP contribution in [-0.2, 0) is 10.3 Å². The van der Waals surface area contributed by atoms with E-state index in [0.29, 0.717) is 19.0 Å². The molecule has 0 spiro atoms. The quantitative estimate of drug-likeness (QED) is 0.829. The zero-order valence-electron chi connectivity index (χ0n) is 11.8. The van der Waals surface area contributed by atoms with Crippen LogP contribution in [0.1, 0.15) is 20.8 Å². The lowest BCUT2D eigenvalue weighted by Crippen LogP contribution is -2.43. The lowest BCUT2D eigenvalue weighted by molar-refractivity contribution is 0.0371. The first-order valence-electron chi connectivity index (χ1n) is 6.63. The van der Waals surface area contributed by atoms with Gasteiger partial charge in [-0.25, -0.2) is 4.98 Å². The van der Waals surface area contributed by atoms with Gasteiger partial charge in [0.2, 0.25) is 0 Å². The van der Waals surface area contributed by atoms with Crippen LogP contribution in [0.3, 0.4) is 0 Å². The third-order valence-corrected chi connectivity index (χ3v) is 3.07. The molecule has 19 heavy (non-hydrogen) atoms. The standard InChI is InChI=1S/C13H22N4O2/c1-13(2,3)17-6-4-15-11(12(17)18)16-9-10-8-14-5-7-19-10/h4,6,10,14H,5,7-9H2,1-3H3,(H,15,16). The van der Waals surface area contributed by atoms with Crippen LogP contribution in [0.15, 0.2) is 17.2 Å². The zero-order chi connectivity index (χ0) is 13.9. The Bertz CT molecular complexity index is 472. The predicted octanol–water partition coefficient (Wildman–Crippen LogP) is 0.399. The van der Waals surface area contributed by atoms with Gasteiger partial charge in [0, 0.05) is 37.6 Å².